The van der Waals surface area contributed by atoms with E-state index in [4.69, 9.17) is 11.6 Å². The molecular weight excluding hydrogens is 300 g/mol. The fourth-order valence-electron chi connectivity index (χ4n) is 0.954. The monoisotopic (exact) mass is 305 g/mol. The zero-order valence-corrected chi connectivity index (χ0v) is 9.40. The highest BCUT2D eigenvalue weighted by Crippen LogP contribution is 2.09. The molecule has 0 amide bonds. The molecule has 2 heterocycles. The Kier molecular flexibility index (Phi) is 2.50. The summed E-state index contributed by atoms with van der Waals surface area (Å²) in [5.41, 5.74) is 0. The molecule has 0 aliphatic carbocycles. The number of aromatic nitrogens is 3. The van der Waals surface area contributed by atoms with E-state index in [1.165, 1.54) is 0 Å². The van der Waals surface area contributed by atoms with E-state index in [1.54, 1.807) is 10.7 Å². The Bertz CT molecular complexity index is 427. The minimum atomic E-state index is 0.475. The van der Waals surface area contributed by atoms with E-state index in [2.05, 4.69) is 32.7 Å². The van der Waals surface area contributed by atoms with Crippen LogP contribution in [-0.2, 0) is 0 Å². The van der Waals surface area contributed by atoms with Crippen molar-refractivity contribution in [2.75, 3.05) is 0 Å². The molecule has 0 spiro atoms. The number of rotatable bonds is 1. The summed E-state index contributed by atoms with van der Waals surface area (Å²) in [6, 6.07) is 7.34. The molecule has 0 aromatic carbocycles. The van der Waals surface area contributed by atoms with Crippen LogP contribution in [0.4, 0.5) is 0 Å². The fraction of sp³-hybridized carbons (Fsp3) is 0. The van der Waals surface area contributed by atoms with Crippen LogP contribution in [0.5, 0.6) is 0 Å². The van der Waals surface area contributed by atoms with Gasteiger partial charge in [0.25, 0.3) is 0 Å². The van der Waals surface area contributed by atoms with Crippen molar-refractivity contribution in [2.24, 2.45) is 0 Å². The first kappa shape index (κ1) is 8.96. The molecule has 0 bridgehead atoms. The predicted octanol–water partition coefficient (Wildman–Crippen LogP) is 2.53. The van der Waals surface area contributed by atoms with Gasteiger partial charge in [0, 0.05) is 6.20 Å². The van der Waals surface area contributed by atoms with Crippen LogP contribution in [-0.4, -0.2) is 14.8 Å². The van der Waals surface area contributed by atoms with Gasteiger partial charge in [0.1, 0.15) is 8.85 Å². The van der Waals surface area contributed by atoms with Gasteiger partial charge in [0.15, 0.2) is 5.82 Å². The van der Waals surface area contributed by atoms with Crippen molar-refractivity contribution >= 4 is 34.2 Å². The van der Waals surface area contributed by atoms with Crippen LogP contribution < -0.4 is 0 Å². The lowest BCUT2D eigenvalue weighted by atomic mass is 10.5. The number of hydrogen-bond donors (Lipinski definition) is 0. The lowest BCUT2D eigenvalue weighted by Crippen LogP contribution is -1.97. The first-order valence-electron chi connectivity index (χ1n) is 3.60. The van der Waals surface area contributed by atoms with Gasteiger partial charge in [0.2, 0.25) is 0 Å². The lowest BCUT2D eigenvalue weighted by molar-refractivity contribution is 0.837. The summed E-state index contributed by atoms with van der Waals surface area (Å²) in [6.07, 6.45) is 1.85. The van der Waals surface area contributed by atoms with Crippen molar-refractivity contribution in [1.82, 2.24) is 14.8 Å². The van der Waals surface area contributed by atoms with Crippen molar-refractivity contribution < 1.29 is 0 Å². The number of hydrogen-bond acceptors (Lipinski definition) is 2. The lowest BCUT2D eigenvalue weighted by Gasteiger charge is -1.98. The Morgan fingerprint density at radius 2 is 2.15 bits per heavy atom. The Morgan fingerprint density at radius 3 is 2.77 bits per heavy atom. The number of pyridine rings is 1. The normalized spacial score (nSPS) is 10.3. The van der Waals surface area contributed by atoms with Gasteiger partial charge < -0.3 is 0 Å². The minimum Gasteiger partial charge on any atom is -0.222 e. The molecule has 2 rings (SSSR count). The second-order valence-electron chi connectivity index (χ2n) is 2.40. The molecule has 2 aromatic heterocycles. The SMILES string of the molecule is Clc1cccc(-n2ccc(I)n2)n1. The smallest absolute Gasteiger partial charge is 0.155 e. The average molecular weight is 306 g/mol. The van der Waals surface area contributed by atoms with Crippen molar-refractivity contribution in [1.29, 1.82) is 0 Å². The molecule has 13 heavy (non-hydrogen) atoms. The zero-order valence-electron chi connectivity index (χ0n) is 6.48. The molecule has 0 unspecified atom stereocenters. The third-order valence-electron chi connectivity index (χ3n) is 1.49. The van der Waals surface area contributed by atoms with E-state index in [1.807, 2.05) is 24.4 Å². The average Bonchev–Trinajstić information content (AvgIpc) is 2.52. The van der Waals surface area contributed by atoms with Gasteiger partial charge in [-0.1, -0.05) is 17.7 Å². The van der Waals surface area contributed by atoms with E-state index in [-0.39, 0.29) is 0 Å². The molecule has 3 nitrogen and oxygen atoms in total. The van der Waals surface area contributed by atoms with E-state index in [0.29, 0.717) is 5.15 Å². The second kappa shape index (κ2) is 3.63. The molecule has 66 valence electrons. The van der Waals surface area contributed by atoms with Crippen molar-refractivity contribution in [2.45, 2.75) is 0 Å². The maximum Gasteiger partial charge on any atom is 0.155 e. The van der Waals surface area contributed by atoms with Gasteiger partial charge in [-0.15, -0.1) is 0 Å². The van der Waals surface area contributed by atoms with Crippen LogP contribution in [0, 0.1) is 3.70 Å². The van der Waals surface area contributed by atoms with Crippen LogP contribution >= 0.6 is 34.2 Å². The van der Waals surface area contributed by atoms with Gasteiger partial charge in [-0.05, 0) is 40.8 Å². The second-order valence-corrected chi connectivity index (χ2v) is 3.89. The highest BCUT2D eigenvalue weighted by molar-refractivity contribution is 14.1. The summed E-state index contributed by atoms with van der Waals surface area (Å²) < 4.78 is 2.62. The molecule has 0 saturated heterocycles. The van der Waals surface area contributed by atoms with Crippen LogP contribution in [0.25, 0.3) is 5.82 Å². The van der Waals surface area contributed by atoms with Crippen molar-refractivity contribution in [3.8, 4) is 5.82 Å². The highest BCUT2D eigenvalue weighted by Gasteiger charge is 1.99. The Morgan fingerprint density at radius 1 is 1.31 bits per heavy atom. The first-order chi connectivity index (χ1) is 6.25. The van der Waals surface area contributed by atoms with E-state index in [0.717, 1.165) is 9.52 Å². The summed E-state index contributed by atoms with van der Waals surface area (Å²) in [7, 11) is 0. The van der Waals surface area contributed by atoms with Crippen molar-refractivity contribution in [3.05, 3.63) is 39.3 Å². The minimum absolute atomic E-state index is 0.475. The Labute approximate surface area is 93.9 Å². The Balaban J connectivity index is 2.46. The molecule has 0 saturated carbocycles. The van der Waals surface area contributed by atoms with Gasteiger partial charge in [-0.3, -0.25) is 0 Å². The summed E-state index contributed by atoms with van der Waals surface area (Å²) >= 11 is 7.89. The largest absolute Gasteiger partial charge is 0.222 e. The van der Waals surface area contributed by atoms with Gasteiger partial charge in [-0.25, -0.2) is 9.67 Å². The molecule has 0 aliphatic heterocycles. The summed E-state index contributed by atoms with van der Waals surface area (Å²) in [5, 5.41) is 4.68. The topological polar surface area (TPSA) is 30.7 Å². The highest BCUT2D eigenvalue weighted by atomic mass is 127. The van der Waals surface area contributed by atoms with Crippen LogP contribution in [0.1, 0.15) is 0 Å². The molecule has 0 radical (unpaired) electrons. The molecule has 0 N–H and O–H groups in total. The number of halogens is 2. The third-order valence-corrected chi connectivity index (χ3v) is 2.28. The molecule has 5 heteroatoms. The quantitative estimate of drug-likeness (QED) is 0.599. The zero-order chi connectivity index (χ0) is 9.26. The Hall–Kier alpha value is -0.620. The number of nitrogens with zero attached hydrogens (tertiary/aromatic N) is 3. The summed E-state index contributed by atoms with van der Waals surface area (Å²) in [4.78, 5) is 4.12. The van der Waals surface area contributed by atoms with Crippen molar-refractivity contribution in [3.63, 3.8) is 0 Å². The standard InChI is InChI=1S/C8H5ClIN3/c9-6-2-1-3-8(11-6)13-5-4-7(10)12-13/h1-5H. The fourth-order valence-corrected chi connectivity index (χ4v) is 1.51. The molecule has 0 atom stereocenters. The van der Waals surface area contributed by atoms with Crippen LogP contribution in [0.15, 0.2) is 30.5 Å². The predicted molar refractivity (Wildman–Crippen MR) is 59.1 cm³/mol. The maximum absolute atomic E-state index is 5.75. The molecule has 2 aromatic rings. The van der Waals surface area contributed by atoms with E-state index in [9.17, 15) is 0 Å². The first-order valence-corrected chi connectivity index (χ1v) is 5.05. The molecular formula is C8H5ClIN3. The summed E-state index contributed by atoms with van der Waals surface area (Å²) in [6.45, 7) is 0. The maximum atomic E-state index is 5.75. The van der Waals surface area contributed by atoms with Gasteiger partial charge in [-0.2, -0.15) is 5.10 Å². The van der Waals surface area contributed by atoms with E-state index >= 15 is 0 Å². The van der Waals surface area contributed by atoms with Crippen LogP contribution in [0.3, 0.4) is 0 Å². The van der Waals surface area contributed by atoms with Gasteiger partial charge >= 0.3 is 0 Å². The van der Waals surface area contributed by atoms with Crippen LogP contribution in [0.2, 0.25) is 5.15 Å². The summed E-state index contributed by atoms with van der Waals surface area (Å²) in [5.74, 6) is 0.732. The molecule has 0 aliphatic rings. The third kappa shape index (κ3) is 2.00. The van der Waals surface area contributed by atoms with E-state index < -0.39 is 0 Å². The van der Waals surface area contributed by atoms with Gasteiger partial charge in [0.05, 0.1) is 0 Å². The molecule has 0 fully saturated rings.